The zero-order valence-corrected chi connectivity index (χ0v) is 12.6. The Morgan fingerprint density at radius 1 is 1.23 bits per heavy atom. The molecule has 0 aliphatic carbocycles. The molecule has 1 heterocycles. The van der Waals surface area contributed by atoms with Crippen molar-refractivity contribution in [2.75, 3.05) is 13.1 Å². The van der Waals surface area contributed by atoms with Crippen molar-refractivity contribution < 1.29 is 19.2 Å². The zero-order chi connectivity index (χ0) is 16.1. The maximum atomic E-state index is 12.6. The molecule has 22 heavy (non-hydrogen) atoms. The molecular weight excluding hydrogens is 284 g/mol. The Labute approximate surface area is 128 Å². The summed E-state index contributed by atoms with van der Waals surface area (Å²) in [7, 11) is 0. The number of carboxylic acid groups (broad SMARTS) is 1. The predicted molar refractivity (Wildman–Crippen MR) is 79.7 cm³/mol. The highest BCUT2D eigenvalue weighted by Gasteiger charge is 2.24. The van der Waals surface area contributed by atoms with Crippen LogP contribution in [0.15, 0.2) is 34.9 Å². The van der Waals surface area contributed by atoms with Gasteiger partial charge in [-0.15, -0.1) is 0 Å². The number of hydrogen-bond donors (Lipinski definition) is 1. The van der Waals surface area contributed by atoms with Crippen LogP contribution in [-0.2, 0) is 11.2 Å². The topological polar surface area (TPSA) is 83.6 Å². The van der Waals surface area contributed by atoms with E-state index >= 15 is 0 Å². The molecule has 2 aromatic rings. The lowest BCUT2D eigenvalue weighted by Crippen LogP contribution is -2.37. The van der Waals surface area contributed by atoms with Crippen LogP contribution in [0.5, 0.6) is 0 Å². The molecule has 0 atom stereocenters. The highest BCUT2D eigenvalue weighted by molar-refractivity contribution is 5.97. The maximum absolute atomic E-state index is 12.6. The molecule has 1 N–H and O–H groups in total. The number of carbonyl (C=O) groups excluding carboxylic acids is 1. The van der Waals surface area contributed by atoms with Gasteiger partial charge in [-0.25, -0.2) is 0 Å². The second kappa shape index (κ2) is 6.89. The van der Waals surface area contributed by atoms with Gasteiger partial charge >= 0.3 is 5.97 Å². The number of nitrogens with zero attached hydrogens (tertiary/aromatic N) is 2. The summed E-state index contributed by atoms with van der Waals surface area (Å²) in [5.41, 5.74) is 1.86. The van der Waals surface area contributed by atoms with Gasteiger partial charge in [-0.3, -0.25) is 9.59 Å². The van der Waals surface area contributed by atoms with Crippen molar-refractivity contribution in [2.24, 2.45) is 0 Å². The van der Waals surface area contributed by atoms with Gasteiger partial charge in [0, 0.05) is 6.54 Å². The van der Waals surface area contributed by atoms with Crippen molar-refractivity contribution in [3.05, 3.63) is 52.9 Å². The van der Waals surface area contributed by atoms with E-state index in [-0.39, 0.29) is 12.5 Å². The summed E-state index contributed by atoms with van der Waals surface area (Å²) in [5, 5.41) is 12.8. The Bertz CT molecular complexity index is 645. The average Bonchev–Trinajstić information content (AvgIpc) is 2.82. The first-order valence-electron chi connectivity index (χ1n) is 6.97. The van der Waals surface area contributed by atoms with Crippen molar-refractivity contribution in [3.8, 4) is 0 Å². The van der Waals surface area contributed by atoms with Crippen LogP contribution in [0.4, 0.5) is 0 Å². The van der Waals surface area contributed by atoms with Crippen LogP contribution >= 0.6 is 0 Å². The average molecular weight is 302 g/mol. The van der Waals surface area contributed by atoms with E-state index in [0.29, 0.717) is 30.0 Å². The molecule has 0 aliphatic heterocycles. The van der Waals surface area contributed by atoms with E-state index in [1.54, 1.807) is 13.8 Å². The lowest BCUT2D eigenvalue weighted by molar-refractivity contribution is -0.137. The van der Waals surface area contributed by atoms with Gasteiger partial charge in [0.2, 0.25) is 0 Å². The molecule has 0 fully saturated rings. The molecule has 1 amide bonds. The number of benzene rings is 1. The molecule has 0 bridgehead atoms. The van der Waals surface area contributed by atoms with E-state index in [1.807, 2.05) is 30.3 Å². The van der Waals surface area contributed by atoms with E-state index in [4.69, 9.17) is 9.63 Å². The molecule has 0 saturated carbocycles. The molecular formula is C16H18N2O4. The Hall–Kier alpha value is -2.63. The minimum Gasteiger partial charge on any atom is -0.480 e. The number of carbonyl (C=O) groups is 2. The van der Waals surface area contributed by atoms with Gasteiger partial charge in [-0.2, -0.15) is 0 Å². The van der Waals surface area contributed by atoms with E-state index < -0.39 is 5.97 Å². The monoisotopic (exact) mass is 302 g/mol. The van der Waals surface area contributed by atoms with Gasteiger partial charge in [0.05, 0.1) is 5.69 Å². The molecule has 2 rings (SSSR count). The van der Waals surface area contributed by atoms with Crippen LogP contribution in [0, 0.1) is 13.8 Å². The molecule has 1 aromatic heterocycles. The first-order valence-corrected chi connectivity index (χ1v) is 6.97. The summed E-state index contributed by atoms with van der Waals surface area (Å²) < 4.78 is 4.99. The van der Waals surface area contributed by atoms with Crippen LogP contribution < -0.4 is 0 Å². The van der Waals surface area contributed by atoms with Crippen molar-refractivity contribution in [2.45, 2.75) is 20.3 Å². The second-order valence-corrected chi connectivity index (χ2v) is 5.06. The Morgan fingerprint density at radius 3 is 2.45 bits per heavy atom. The van der Waals surface area contributed by atoms with Crippen LogP contribution in [0.3, 0.4) is 0 Å². The van der Waals surface area contributed by atoms with Crippen LogP contribution in [-0.4, -0.2) is 40.1 Å². The first kappa shape index (κ1) is 15.8. The number of aliphatic carboxylic acids is 1. The van der Waals surface area contributed by atoms with Gasteiger partial charge in [0.15, 0.2) is 0 Å². The lowest BCUT2D eigenvalue weighted by Gasteiger charge is -2.20. The summed E-state index contributed by atoms with van der Waals surface area (Å²) in [6.45, 7) is 3.28. The fourth-order valence-electron chi connectivity index (χ4n) is 2.27. The third-order valence-electron chi connectivity index (χ3n) is 3.37. The quantitative estimate of drug-likeness (QED) is 0.883. The van der Waals surface area contributed by atoms with Crippen molar-refractivity contribution in [1.29, 1.82) is 0 Å². The highest BCUT2D eigenvalue weighted by Crippen LogP contribution is 2.15. The summed E-state index contributed by atoms with van der Waals surface area (Å²) in [4.78, 5) is 24.9. The molecule has 0 unspecified atom stereocenters. The Balaban J connectivity index is 2.15. The highest BCUT2D eigenvalue weighted by atomic mass is 16.5. The zero-order valence-electron chi connectivity index (χ0n) is 12.6. The summed E-state index contributed by atoms with van der Waals surface area (Å²) >= 11 is 0. The smallest absolute Gasteiger partial charge is 0.323 e. The van der Waals surface area contributed by atoms with E-state index in [2.05, 4.69) is 5.16 Å². The Morgan fingerprint density at radius 2 is 1.91 bits per heavy atom. The number of rotatable bonds is 6. The second-order valence-electron chi connectivity index (χ2n) is 5.06. The Kier molecular flexibility index (Phi) is 4.93. The number of aromatic nitrogens is 1. The SMILES string of the molecule is Cc1noc(C)c1C(=O)N(CCc1ccccc1)CC(=O)O. The molecule has 6 nitrogen and oxygen atoms in total. The summed E-state index contributed by atoms with van der Waals surface area (Å²) in [6, 6.07) is 9.62. The van der Waals surface area contributed by atoms with E-state index in [1.165, 1.54) is 4.90 Å². The summed E-state index contributed by atoms with van der Waals surface area (Å²) in [5.74, 6) is -1.01. The first-order chi connectivity index (χ1) is 10.5. The third kappa shape index (κ3) is 3.72. The van der Waals surface area contributed by atoms with Crippen molar-refractivity contribution in [1.82, 2.24) is 10.1 Å². The van der Waals surface area contributed by atoms with Crippen LogP contribution in [0.1, 0.15) is 27.4 Å². The molecule has 0 spiro atoms. The van der Waals surface area contributed by atoms with E-state index in [9.17, 15) is 9.59 Å². The minimum atomic E-state index is -1.05. The van der Waals surface area contributed by atoms with Gasteiger partial charge < -0.3 is 14.5 Å². The molecule has 0 aliphatic rings. The fraction of sp³-hybridized carbons (Fsp3) is 0.312. The predicted octanol–water partition coefficient (Wildman–Crippen LogP) is 2.06. The van der Waals surface area contributed by atoms with Crippen LogP contribution in [0.2, 0.25) is 0 Å². The van der Waals surface area contributed by atoms with Gasteiger partial charge in [0.1, 0.15) is 17.9 Å². The normalized spacial score (nSPS) is 10.5. The van der Waals surface area contributed by atoms with Crippen LogP contribution in [0.25, 0.3) is 0 Å². The van der Waals surface area contributed by atoms with Crippen molar-refractivity contribution in [3.63, 3.8) is 0 Å². The fourth-order valence-corrected chi connectivity index (χ4v) is 2.27. The number of hydrogen-bond acceptors (Lipinski definition) is 4. The molecule has 116 valence electrons. The van der Waals surface area contributed by atoms with Gasteiger partial charge in [-0.05, 0) is 25.8 Å². The van der Waals surface area contributed by atoms with Gasteiger partial charge in [0.25, 0.3) is 5.91 Å². The molecule has 0 saturated heterocycles. The standard InChI is InChI=1S/C16H18N2O4/c1-11-15(12(2)22-17-11)16(21)18(10-14(19)20)9-8-13-6-4-3-5-7-13/h3-7H,8-10H2,1-2H3,(H,19,20). The van der Waals surface area contributed by atoms with E-state index in [0.717, 1.165) is 5.56 Å². The third-order valence-corrected chi connectivity index (χ3v) is 3.37. The number of amides is 1. The molecule has 1 aromatic carbocycles. The summed E-state index contributed by atoms with van der Waals surface area (Å²) in [6.07, 6.45) is 0.587. The minimum absolute atomic E-state index is 0.319. The largest absolute Gasteiger partial charge is 0.480 e. The van der Waals surface area contributed by atoms with Gasteiger partial charge in [-0.1, -0.05) is 35.5 Å². The van der Waals surface area contributed by atoms with Crippen molar-refractivity contribution >= 4 is 11.9 Å². The number of carboxylic acids is 1. The molecule has 0 radical (unpaired) electrons. The maximum Gasteiger partial charge on any atom is 0.323 e. The lowest BCUT2D eigenvalue weighted by atomic mass is 10.1. The molecule has 6 heteroatoms. The number of aryl methyl sites for hydroxylation is 2.